The van der Waals surface area contributed by atoms with Crippen LogP contribution in [-0.2, 0) is 21.2 Å². The molecular formula is C19H21N3O3S2. The minimum Gasteiger partial charge on any atom is -0.325 e. The van der Waals surface area contributed by atoms with E-state index in [-0.39, 0.29) is 17.3 Å². The molecule has 0 bridgehead atoms. The van der Waals surface area contributed by atoms with Crippen molar-refractivity contribution in [3.8, 4) is 0 Å². The van der Waals surface area contributed by atoms with Crippen LogP contribution >= 0.6 is 11.3 Å². The molecule has 0 aliphatic rings. The Morgan fingerprint density at radius 1 is 1.19 bits per heavy atom. The van der Waals surface area contributed by atoms with E-state index in [9.17, 15) is 13.2 Å². The Morgan fingerprint density at radius 3 is 2.56 bits per heavy atom. The molecule has 6 nitrogen and oxygen atoms in total. The van der Waals surface area contributed by atoms with Crippen molar-refractivity contribution in [3.05, 3.63) is 53.0 Å². The van der Waals surface area contributed by atoms with Gasteiger partial charge in [-0.25, -0.2) is 13.4 Å². The fraction of sp³-hybridized carbons (Fsp3) is 0.263. The van der Waals surface area contributed by atoms with Gasteiger partial charge in [-0.15, -0.1) is 11.3 Å². The Labute approximate surface area is 162 Å². The number of aromatic nitrogens is 1. The first-order valence-electron chi connectivity index (χ1n) is 8.52. The van der Waals surface area contributed by atoms with Gasteiger partial charge in [-0.1, -0.05) is 19.1 Å². The Bertz CT molecular complexity index is 1070. The highest BCUT2D eigenvalue weighted by atomic mass is 32.2. The first-order chi connectivity index (χ1) is 12.8. The Morgan fingerprint density at radius 2 is 1.89 bits per heavy atom. The van der Waals surface area contributed by atoms with Crippen molar-refractivity contribution in [2.24, 2.45) is 0 Å². The van der Waals surface area contributed by atoms with E-state index in [0.29, 0.717) is 5.69 Å². The molecule has 0 saturated heterocycles. The molecule has 0 unspecified atom stereocenters. The van der Waals surface area contributed by atoms with Gasteiger partial charge in [-0.3, -0.25) is 4.79 Å². The number of likely N-dealkylation sites (N-methyl/N-ethyl adjacent to an activating group) is 1. The monoisotopic (exact) mass is 403 g/mol. The van der Waals surface area contributed by atoms with E-state index in [1.54, 1.807) is 12.1 Å². The second kappa shape index (κ2) is 7.75. The highest BCUT2D eigenvalue weighted by molar-refractivity contribution is 7.89. The smallest absolute Gasteiger partial charge is 0.243 e. The normalized spacial score (nSPS) is 11.9. The van der Waals surface area contributed by atoms with Gasteiger partial charge < -0.3 is 5.32 Å². The number of nitrogens with zero attached hydrogens (tertiary/aromatic N) is 2. The number of thiazole rings is 1. The summed E-state index contributed by atoms with van der Waals surface area (Å²) in [4.78, 5) is 16.7. The number of carbonyl (C=O) groups is 1. The maximum atomic E-state index is 12.8. The van der Waals surface area contributed by atoms with Gasteiger partial charge in [0.15, 0.2) is 0 Å². The number of nitrogens with one attached hydrogen (secondary N) is 1. The molecular weight excluding hydrogens is 382 g/mol. The van der Waals surface area contributed by atoms with Crippen LogP contribution in [0.5, 0.6) is 0 Å². The van der Waals surface area contributed by atoms with E-state index in [2.05, 4.69) is 17.2 Å². The summed E-state index contributed by atoms with van der Waals surface area (Å²) in [6.45, 7) is 3.66. The van der Waals surface area contributed by atoms with Gasteiger partial charge in [0.1, 0.15) is 0 Å². The van der Waals surface area contributed by atoms with Crippen LogP contribution in [0.4, 0.5) is 5.69 Å². The van der Waals surface area contributed by atoms with Crippen LogP contribution in [0, 0.1) is 6.92 Å². The van der Waals surface area contributed by atoms with Crippen molar-refractivity contribution in [1.29, 1.82) is 0 Å². The molecule has 0 saturated carbocycles. The Hall–Kier alpha value is -2.29. The summed E-state index contributed by atoms with van der Waals surface area (Å²) in [6.07, 6.45) is 0.916. The molecule has 1 heterocycles. The second-order valence-corrected chi connectivity index (χ2v) is 9.50. The first-order valence-corrected chi connectivity index (χ1v) is 10.8. The van der Waals surface area contributed by atoms with Crippen molar-refractivity contribution < 1.29 is 13.2 Å². The molecule has 27 heavy (non-hydrogen) atoms. The molecule has 1 aromatic heterocycles. The lowest BCUT2D eigenvalue weighted by Crippen LogP contribution is -2.34. The molecule has 0 spiro atoms. The van der Waals surface area contributed by atoms with E-state index in [1.165, 1.54) is 30.0 Å². The van der Waals surface area contributed by atoms with E-state index >= 15 is 0 Å². The maximum Gasteiger partial charge on any atom is 0.243 e. The number of sulfonamides is 1. The van der Waals surface area contributed by atoms with Crippen molar-refractivity contribution >= 4 is 43.2 Å². The van der Waals surface area contributed by atoms with E-state index < -0.39 is 10.0 Å². The molecule has 142 valence electrons. The third-order valence-corrected chi connectivity index (χ3v) is 6.92. The number of hydrogen-bond donors (Lipinski definition) is 1. The van der Waals surface area contributed by atoms with Crippen LogP contribution in [0.15, 0.2) is 47.4 Å². The van der Waals surface area contributed by atoms with E-state index in [4.69, 9.17) is 0 Å². The summed E-state index contributed by atoms with van der Waals surface area (Å²) in [5, 5.41) is 3.60. The molecule has 1 amide bonds. The van der Waals surface area contributed by atoms with Crippen LogP contribution < -0.4 is 5.32 Å². The lowest BCUT2D eigenvalue weighted by Gasteiger charge is -2.17. The van der Waals surface area contributed by atoms with Gasteiger partial charge in [0.25, 0.3) is 0 Å². The van der Waals surface area contributed by atoms with Crippen molar-refractivity contribution in [2.75, 3.05) is 18.9 Å². The van der Waals surface area contributed by atoms with Gasteiger partial charge in [0.2, 0.25) is 15.9 Å². The molecule has 2 aromatic carbocycles. The number of carbonyl (C=O) groups excluding carboxylic acids is 1. The Balaban J connectivity index is 1.72. The third-order valence-electron chi connectivity index (χ3n) is 4.19. The highest BCUT2D eigenvalue weighted by Gasteiger charge is 2.23. The molecule has 1 N–H and O–H groups in total. The number of rotatable bonds is 6. The molecule has 0 atom stereocenters. The zero-order chi connectivity index (χ0) is 19.6. The fourth-order valence-electron chi connectivity index (χ4n) is 2.67. The van der Waals surface area contributed by atoms with Crippen molar-refractivity contribution in [1.82, 2.24) is 9.29 Å². The molecule has 8 heteroatoms. The highest BCUT2D eigenvalue weighted by Crippen LogP contribution is 2.25. The maximum absolute atomic E-state index is 12.8. The van der Waals surface area contributed by atoms with Gasteiger partial charge in [-0.2, -0.15) is 4.31 Å². The number of benzene rings is 2. The van der Waals surface area contributed by atoms with Gasteiger partial charge in [0, 0.05) is 12.7 Å². The molecule has 3 aromatic rings. The van der Waals surface area contributed by atoms with Gasteiger partial charge >= 0.3 is 0 Å². The fourth-order valence-corrected chi connectivity index (χ4v) is 4.77. The number of fused-ring (bicyclic) bond motifs is 1. The topological polar surface area (TPSA) is 79.4 Å². The quantitative estimate of drug-likeness (QED) is 0.684. The van der Waals surface area contributed by atoms with Crippen LogP contribution in [-0.4, -0.2) is 37.2 Å². The summed E-state index contributed by atoms with van der Waals surface area (Å²) >= 11 is 1.44. The standard InChI is InChI=1S/C19H21N3O3S2/c1-4-14-5-7-15(8-6-14)21-19(23)12-22(3)27(24,25)16-9-10-17-18(11-16)26-13(2)20-17/h5-11H,4,12H2,1-3H3,(H,21,23). The molecule has 0 radical (unpaired) electrons. The zero-order valence-electron chi connectivity index (χ0n) is 15.4. The van der Waals surface area contributed by atoms with Crippen LogP contribution in [0.1, 0.15) is 17.5 Å². The third kappa shape index (κ3) is 4.35. The van der Waals surface area contributed by atoms with Gasteiger partial charge in [0.05, 0.1) is 26.7 Å². The van der Waals surface area contributed by atoms with E-state index in [0.717, 1.165) is 26.0 Å². The molecule has 3 rings (SSSR count). The van der Waals surface area contributed by atoms with Crippen molar-refractivity contribution in [3.63, 3.8) is 0 Å². The minimum atomic E-state index is -3.77. The van der Waals surface area contributed by atoms with E-state index in [1.807, 2.05) is 31.2 Å². The second-order valence-electron chi connectivity index (χ2n) is 6.22. The SMILES string of the molecule is CCc1ccc(NC(=O)CN(C)S(=O)(=O)c2ccc3nc(C)sc3c2)cc1. The number of anilines is 1. The average molecular weight is 404 g/mol. The number of aryl methyl sites for hydroxylation is 2. The molecule has 0 aliphatic heterocycles. The van der Waals surface area contributed by atoms with Crippen molar-refractivity contribution in [2.45, 2.75) is 25.2 Å². The molecule has 0 aliphatic carbocycles. The lowest BCUT2D eigenvalue weighted by molar-refractivity contribution is -0.116. The first kappa shape index (κ1) is 19.5. The summed E-state index contributed by atoms with van der Waals surface area (Å²) in [5.74, 6) is -0.389. The van der Waals surface area contributed by atoms with Crippen LogP contribution in [0.3, 0.4) is 0 Å². The largest absolute Gasteiger partial charge is 0.325 e. The van der Waals surface area contributed by atoms with Gasteiger partial charge in [-0.05, 0) is 49.2 Å². The predicted molar refractivity (Wildman–Crippen MR) is 109 cm³/mol. The Kier molecular flexibility index (Phi) is 5.59. The van der Waals surface area contributed by atoms with Crippen LogP contribution in [0.25, 0.3) is 10.2 Å². The number of hydrogen-bond acceptors (Lipinski definition) is 5. The average Bonchev–Trinajstić information content (AvgIpc) is 3.01. The summed E-state index contributed by atoms with van der Waals surface area (Å²) in [5.41, 5.74) is 2.58. The minimum absolute atomic E-state index is 0.154. The van der Waals surface area contributed by atoms with Crippen LogP contribution in [0.2, 0.25) is 0 Å². The zero-order valence-corrected chi connectivity index (χ0v) is 17.0. The number of amides is 1. The lowest BCUT2D eigenvalue weighted by atomic mass is 10.1. The molecule has 0 fully saturated rings. The summed E-state index contributed by atoms with van der Waals surface area (Å²) < 4.78 is 27.4. The summed E-state index contributed by atoms with van der Waals surface area (Å²) in [6, 6.07) is 12.3. The predicted octanol–water partition coefficient (Wildman–Crippen LogP) is 3.43. The summed E-state index contributed by atoms with van der Waals surface area (Å²) in [7, 11) is -2.37.